The largest absolute Gasteiger partial charge is 0.326 e. The van der Waals surface area contributed by atoms with Gasteiger partial charge in [0.1, 0.15) is 11.2 Å². The number of halogens is 1. The number of carbonyl (C=O) groups is 2. The molecule has 0 radical (unpaired) electrons. The molecule has 1 fully saturated rings. The molecule has 1 saturated heterocycles. The minimum Gasteiger partial charge on any atom is -0.326 e. The van der Waals surface area contributed by atoms with E-state index in [0.717, 1.165) is 36.1 Å². The summed E-state index contributed by atoms with van der Waals surface area (Å²) in [6.07, 6.45) is 3.53. The Morgan fingerprint density at radius 1 is 1.21 bits per heavy atom. The maximum atomic E-state index is 14.4. The van der Waals surface area contributed by atoms with E-state index in [1.165, 1.54) is 22.7 Å². The predicted octanol–water partition coefficient (Wildman–Crippen LogP) is 5.43. The zero-order valence-electron chi connectivity index (χ0n) is 16.2. The van der Waals surface area contributed by atoms with E-state index in [1.54, 1.807) is 12.1 Å². The minimum atomic E-state index is -0.401. The van der Waals surface area contributed by atoms with Crippen molar-refractivity contribution in [2.75, 3.05) is 16.0 Å². The molecule has 0 saturated carbocycles. The quantitative estimate of drug-likeness (QED) is 0.630. The number of carbonyl (C=O) groups excluding carboxylic acids is 2. The number of benzene rings is 2. The first-order valence-electron chi connectivity index (χ1n) is 9.59. The van der Waals surface area contributed by atoms with Crippen LogP contribution >= 0.6 is 11.8 Å². The van der Waals surface area contributed by atoms with Gasteiger partial charge in [0.25, 0.3) is 0 Å². The van der Waals surface area contributed by atoms with Gasteiger partial charge in [0.15, 0.2) is 0 Å². The van der Waals surface area contributed by atoms with E-state index in [0.29, 0.717) is 17.9 Å². The van der Waals surface area contributed by atoms with Crippen molar-refractivity contribution in [1.82, 2.24) is 0 Å². The number of aryl methyl sites for hydroxylation is 1. The first-order chi connectivity index (χ1) is 13.5. The number of thioether (sulfide) groups is 1. The van der Waals surface area contributed by atoms with Crippen molar-refractivity contribution in [2.45, 2.75) is 44.9 Å². The van der Waals surface area contributed by atoms with Gasteiger partial charge in [0.05, 0.1) is 11.4 Å². The normalized spacial score (nSPS) is 16.5. The Labute approximate surface area is 169 Å². The van der Waals surface area contributed by atoms with Gasteiger partial charge in [-0.25, -0.2) is 4.39 Å². The van der Waals surface area contributed by atoms with Gasteiger partial charge in [0.2, 0.25) is 11.8 Å². The summed E-state index contributed by atoms with van der Waals surface area (Å²) in [5.74, 6) is -0.182. The average Bonchev–Trinajstić information content (AvgIpc) is 3.06. The Hall–Kier alpha value is -2.34. The number of hydrogen-bond acceptors (Lipinski definition) is 3. The second-order valence-electron chi connectivity index (χ2n) is 7.01. The first-order valence-corrected chi connectivity index (χ1v) is 10.6. The summed E-state index contributed by atoms with van der Waals surface area (Å²) in [6.45, 7) is 3.98. The van der Waals surface area contributed by atoms with Gasteiger partial charge >= 0.3 is 0 Å². The molecule has 4 nitrogen and oxygen atoms in total. The summed E-state index contributed by atoms with van der Waals surface area (Å²) >= 11 is 1.48. The van der Waals surface area contributed by atoms with Crippen molar-refractivity contribution in [3.8, 4) is 0 Å². The number of unbranched alkanes of at least 4 members (excludes halogenated alkanes) is 2. The fourth-order valence-electron chi connectivity index (χ4n) is 3.23. The molecule has 0 aliphatic carbocycles. The third kappa shape index (κ3) is 4.73. The van der Waals surface area contributed by atoms with Crippen LogP contribution in [-0.4, -0.2) is 17.6 Å². The zero-order valence-corrected chi connectivity index (χ0v) is 17.0. The second kappa shape index (κ2) is 9.24. The lowest BCUT2D eigenvalue weighted by Gasteiger charge is -2.25. The molecule has 3 rings (SSSR count). The molecular formula is C22H25FN2O2S. The Morgan fingerprint density at radius 2 is 1.96 bits per heavy atom. The second-order valence-corrected chi connectivity index (χ2v) is 8.08. The van der Waals surface area contributed by atoms with Crippen LogP contribution in [0.15, 0.2) is 42.5 Å². The van der Waals surface area contributed by atoms with Crippen LogP contribution in [0.1, 0.15) is 49.1 Å². The fraction of sp³-hybridized carbons (Fsp3) is 0.364. The molecule has 1 N–H and O–H groups in total. The minimum absolute atomic E-state index is 0.00933. The van der Waals surface area contributed by atoms with Crippen molar-refractivity contribution in [2.24, 2.45) is 0 Å². The molecule has 1 aliphatic rings. The van der Waals surface area contributed by atoms with Gasteiger partial charge in [0, 0.05) is 12.1 Å². The summed E-state index contributed by atoms with van der Waals surface area (Å²) in [4.78, 5) is 25.9. The maximum absolute atomic E-state index is 14.4. The summed E-state index contributed by atoms with van der Waals surface area (Å²) in [6, 6.07) is 12.2. The molecular weight excluding hydrogens is 375 g/mol. The Kier molecular flexibility index (Phi) is 6.73. The molecule has 1 aliphatic heterocycles. The van der Waals surface area contributed by atoms with Gasteiger partial charge in [-0.1, -0.05) is 38.0 Å². The molecule has 0 aromatic heterocycles. The molecule has 2 amide bonds. The molecule has 28 heavy (non-hydrogen) atoms. The highest BCUT2D eigenvalue weighted by Crippen LogP contribution is 2.42. The van der Waals surface area contributed by atoms with Crippen molar-refractivity contribution in [1.29, 1.82) is 0 Å². The third-order valence-electron chi connectivity index (χ3n) is 4.72. The number of nitrogens with one attached hydrogen (secondary N) is 1. The Bertz CT molecular complexity index is 854. The van der Waals surface area contributed by atoms with Crippen molar-refractivity contribution < 1.29 is 14.0 Å². The van der Waals surface area contributed by atoms with E-state index < -0.39 is 5.82 Å². The van der Waals surface area contributed by atoms with Crippen LogP contribution in [0.4, 0.5) is 15.8 Å². The maximum Gasteiger partial charge on any atom is 0.238 e. The van der Waals surface area contributed by atoms with Crippen LogP contribution in [0.2, 0.25) is 0 Å². The molecule has 1 atom stereocenters. The molecule has 6 heteroatoms. The predicted molar refractivity (Wildman–Crippen MR) is 113 cm³/mol. The summed E-state index contributed by atoms with van der Waals surface area (Å²) in [7, 11) is 0. The lowest BCUT2D eigenvalue weighted by molar-refractivity contribution is -0.116. The lowest BCUT2D eigenvalue weighted by atomic mass is 10.1. The molecule has 1 unspecified atom stereocenters. The van der Waals surface area contributed by atoms with Gasteiger partial charge < -0.3 is 5.32 Å². The van der Waals surface area contributed by atoms with E-state index in [-0.39, 0.29) is 17.2 Å². The SMILES string of the molecule is CCCCCC(=O)Nc1ccc(C2SCC(=O)N2c2cc(C)ccc2F)cc1. The van der Waals surface area contributed by atoms with E-state index in [2.05, 4.69) is 12.2 Å². The van der Waals surface area contributed by atoms with E-state index in [4.69, 9.17) is 0 Å². The lowest BCUT2D eigenvalue weighted by Crippen LogP contribution is -2.28. The highest BCUT2D eigenvalue weighted by Gasteiger charge is 2.35. The number of anilines is 2. The standard InChI is InChI=1S/C22H25FN2O2S/c1-3-4-5-6-20(26)24-17-10-8-16(9-11-17)22-25(21(27)14-28-22)19-13-15(2)7-12-18(19)23/h7-13,22H,3-6,14H2,1-2H3,(H,24,26). The monoisotopic (exact) mass is 400 g/mol. The highest BCUT2D eigenvalue weighted by atomic mass is 32.2. The Morgan fingerprint density at radius 3 is 2.68 bits per heavy atom. The van der Waals surface area contributed by atoms with Crippen molar-refractivity contribution in [3.63, 3.8) is 0 Å². The topological polar surface area (TPSA) is 49.4 Å². The van der Waals surface area contributed by atoms with Crippen LogP contribution < -0.4 is 10.2 Å². The summed E-state index contributed by atoms with van der Waals surface area (Å²) in [5.41, 5.74) is 2.85. The molecule has 2 aromatic carbocycles. The molecule has 148 valence electrons. The number of nitrogens with zero attached hydrogens (tertiary/aromatic N) is 1. The van der Waals surface area contributed by atoms with Crippen molar-refractivity contribution in [3.05, 3.63) is 59.4 Å². The van der Waals surface area contributed by atoms with Crippen LogP contribution in [0.3, 0.4) is 0 Å². The summed E-state index contributed by atoms with van der Waals surface area (Å²) < 4.78 is 14.4. The average molecular weight is 401 g/mol. The zero-order chi connectivity index (χ0) is 20.1. The summed E-state index contributed by atoms with van der Waals surface area (Å²) in [5, 5.41) is 2.62. The van der Waals surface area contributed by atoms with Crippen LogP contribution in [0.5, 0.6) is 0 Å². The number of hydrogen-bond donors (Lipinski definition) is 1. The molecule has 0 spiro atoms. The van der Waals surface area contributed by atoms with Gasteiger partial charge in [-0.15, -0.1) is 11.8 Å². The molecule has 2 aromatic rings. The first kappa shape index (κ1) is 20.4. The van der Waals surface area contributed by atoms with E-state index >= 15 is 0 Å². The molecule has 1 heterocycles. The van der Waals surface area contributed by atoms with E-state index in [9.17, 15) is 14.0 Å². The highest BCUT2D eigenvalue weighted by molar-refractivity contribution is 8.00. The Balaban J connectivity index is 1.74. The number of rotatable bonds is 7. The van der Waals surface area contributed by atoms with Gasteiger partial charge in [-0.2, -0.15) is 0 Å². The fourth-order valence-corrected chi connectivity index (χ4v) is 4.40. The number of amides is 2. The smallest absolute Gasteiger partial charge is 0.238 e. The van der Waals surface area contributed by atoms with Crippen LogP contribution in [-0.2, 0) is 9.59 Å². The van der Waals surface area contributed by atoms with E-state index in [1.807, 2.05) is 31.2 Å². The van der Waals surface area contributed by atoms with Crippen LogP contribution in [0, 0.1) is 12.7 Å². The van der Waals surface area contributed by atoms with Crippen LogP contribution in [0.25, 0.3) is 0 Å². The van der Waals surface area contributed by atoms with Gasteiger partial charge in [-0.3, -0.25) is 14.5 Å². The molecule has 0 bridgehead atoms. The third-order valence-corrected chi connectivity index (χ3v) is 5.93. The van der Waals surface area contributed by atoms with Gasteiger partial charge in [-0.05, 0) is 48.7 Å². The van der Waals surface area contributed by atoms with Crippen molar-refractivity contribution >= 4 is 35.0 Å².